The van der Waals surface area contributed by atoms with E-state index in [1.54, 1.807) is 117 Å². The lowest BCUT2D eigenvalue weighted by molar-refractivity contribution is -0.156. The first-order valence-electron chi connectivity index (χ1n) is 22.6. The van der Waals surface area contributed by atoms with Gasteiger partial charge in [0.2, 0.25) is 5.91 Å². The quantitative estimate of drug-likeness (QED) is 0.0698. The molecule has 8 aromatic heterocycles. The highest BCUT2D eigenvalue weighted by atomic mass is 16.6. The number of nitrogen functional groups attached to an aromatic ring is 2. The fourth-order valence-corrected chi connectivity index (χ4v) is 8.79. The molecule has 10 rings (SSSR count). The van der Waals surface area contributed by atoms with Crippen LogP contribution in [0.5, 0.6) is 0 Å². The summed E-state index contributed by atoms with van der Waals surface area (Å²) in [6.07, 6.45) is 3.13. The SMILES string of the molecule is CC(=O)OC(C)=O.CC(=O)n1c(=O)[nH]c2c(C(O)(c3ccccn3)c3cccc(N)n3)cc(-c3c(C)noc3C)cc21.Cc1noc(C)c1-c1cc(C(O)(c2ccccn2)c2cccc(N)n2)c2[nH]c(=O)[nH]c2c1. The number of ether oxygens (including phenoxy) is 1. The molecule has 2 aromatic carbocycles. The van der Waals surface area contributed by atoms with Gasteiger partial charge < -0.3 is 50.4 Å². The van der Waals surface area contributed by atoms with E-state index < -0.39 is 40.4 Å². The van der Waals surface area contributed by atoms with E-state index in [2.05, 4.69) is 49.9 Å². The van der Waals surface area contributed by atoms with E-state index in [4.69, 9.17) is 20.5 Å². The normalized spacial score (nSPS) is 12.7. The van der Waals surface area contributed by atoms with Crippen LogP contribution < -0.4 is 22.8 Å². The molecule has 0 aliphatic rings. The van der Waals surface area contributed by atoms with E-state index >= 15 is 0 Å². The Bertz CT molecular complexity index is 3820. The van der Waals surface area contributed by atoms with E-state index in [9.17, 15) is 34.2 Å². The highest BCUT2D eigenvalue weighted by molar-refractivity contribution is 5.94. The van der Waals surface area contributed by atoms with E-state index in [1.165, 1.54) is 20.8 Å². The van der Waals surface area contributed by atoms with Crippen LogP contribution in [0.25, 0.3) is 44.3 Å². The summed E-state index contributed by atoms with van der Waals surface area (Å²) < 4.78 is 15.7. The van der Waals surface area contributed by atoms with Gasteiger partial charge in [-0.15, -0.1) is 0 Å². The van der Waals surface area contributed by atoms with Crippen molar-refractivity contribution in [3.63, 3.8) is 0 Å². The molecule has 0 saturated heterocycles. The highest BCUT2D eigenvalue weighted by Gasteiger charge is 2.41. The molecule has 2 atom stereocenters. The van der Waals surface area contributed by atoms with Gasteiger partial charge in [-0.05, 0) is 112 Å². The van der Waals surface area contributed by atoms with Crippen LogP contribution in [0.3, 0.4) is 0 Å². The number of aryl methyl sites for hydroxylation is 4. The second kappa shape index (κ2) is 20.2. The van der Waals surface area contributed by atoms with Gasteiger partial charge in [-0.3, -0.25) is 24.4 Å². The van der Waals surface area contributed by atoms with Crippen molar-refractivity contribution in [1.82, 2.24) is 49.8 Å². The monoisotopic (exact) mass is 1000 g/mol. The van der Waals surface area contributed by atoms with Crippen molar-refractivity contribution in [1.29, 1.82) is 0 Å². The number of imidazole rings is 2. The fraction of sp³-hybridized carbons (Fsp3) is 0.173. The second-order valence-corrected chi connectivity index (χ2v) is 17.0. The van der Waals surface area contributed by atoms with Gasteiger partial charge in [-0.1, -0.05) is 34.6 Å². The zero-order valence-electron chi connectivity index (χ0n) is 40.8. The third-order valence-corrected chi connectivity index (χ3v) is 11.8. The molecule has 0 saturated carbocycles. The fourth-order valence-electron chi connectivity index (χ4n) is 8.79. The summed E-state index contributed by atoms with van der Waals surface area (Å²) in [5, 5.41) is 32.7. The number of hydrogen-bond donors (Lipinski definition) is 7. The summed E-state index contributed by atoms with van der Waals surface area (Å²) in [7, 11) is 0. The highest BCUT2D eigenvalue weighted by Crippen LogP contribution is 2.43. The first kappa shape index (κ1) is 50.7. The van der Waals surface area contributed by atoms with E-state index in [-0.39, 0.29) is 45.3 Å². The molecule has 0 amide bonds. The number of H-pyrrole nitrogens is 3. The zero-order valence-corrected chi connectivity index (χ0v) is 40.8. The summed E-state index contributed by atoms with van der Waals surface area (Å²) in [4.78, 5) is 83.1. The first-order valence-corrected chi connectivity index (χ1v) is 22.6. The first-order chi connectivity index (χ1) is 35.2. The maximum atomic E-state index is 12.8. The van der Waals surface area contributed by atoms with Gasteiger partial charge in [0.05, 0.1) is 56.2 Å². The van der Waals surface area contributed by atoms with Gasteiger partial charge in [0.25, 0.3) is 0 Å². The number of benzene rings is 2. The third-order valence-electron chi connectivity index (χ3n) is 11.8. The largest absolute Gasteiger partial charge is 0.394 e. The molecule has 10 aromatic rings. The number of carbonyl (C=O) groups is 3. The topological polar surface area (TPSA) is 343 Å². The Labute approximate surface area is 419 Å². The summed E-state index contributed by atoms with van der Waals surface area (Å²) in [6.45, 7) is 10.8. The molecule has 0 aliphatic carbocycles. The maximum Gasteiger partial charge on any atom is 0.333 e. The van der Waals surface area contributed by atoms with Crippen molar-refractivity contribution < 1.29 is 38.4 Å². The minimum absolute atomic E-state index is 0.199. The number of nitrogens with two attached hydrogens (primary N) is 2. The third kappa shape index (κ3) is 9.59. The molecule has 376 valence electrons. The van der Waals surface area contributed by atoms with Crippen LogP contribution in [0.1, 0.15) is 82.4 Å². The minimum Gasteiger partial charge on any atom is -0.394 e. The number of carbonyl (C=O) groups excluding carboxylic acids is 3. The van der Waals surface area contributed by atoms with Gasteiger partial charge in [0, 0.05) is 55.4 Å². The molecule has 0 aliphatic heterocycles. The molecular formula is C52H48N12O10. The molecule has 0 spiro atoms. The number of rotatable bonds is 8. The number of aromatic nitrogens is 10. The number of aromatic amines is 3. The van der Waals surface area contributed by atoms with Crippen LogP contribution in [-0.2, 0) is 25.5 Å². The number of nitrogens with one attached hydrogen (secondary N) is 3. The van der Waals surface area contributed by atoms with E-state index in [1.807, 2.05) is 19.9 Å². The maximum absolute atomic E-state index is 12.8. The lowest BCUT2D eigenvalue weighted by Gasteiger charge is -2.29. The molecular weight excluding hydrogens is 953 g/mol. The summed E-state index contributed by atoms with van der Waals surface area (Å²) in [5.74, 6) is 0.00606. The number of nitrogens with zero attached hydrogens (tertiary/aromatic N) is 7. The van der Waals surface area contributed by atoms with Crippen LogP contribution in [0.2, 0.25) is 0 Å². The van der Waals surface area contributed by atoms with Gasteiger partial charge >= 0.3 is 23.3 Å². The van der Waals surface area contributed by atoms with Gasteiger partial charge in [0.15, 0.2) is 11.2 Å². The summed E-state index contributed by atoms with van der Waals surface area (Å²) in [5.41, 5.74) is 14.4. The summed E-state index contributed by atoms with van der Waals surface area (Å²) >= 11 is 0. The van der Waals surface area contributed by atoms with E-state index in [0.29, 0.717) is 56.3 Å². The van der Waals surface area contributed by atoms with Crippen LogP contribution >= 0.6 is 0 Å². The van der Waals surface area contributed by atoms with Crippen LogP contribution in [0, 0.1) is 27.7 Å². The Kier molecular flexibility index (Phi) is 13.9. The van der Waals surface area contributed by atoms with Crippen molar-refractivity contribution in [2.24, 2.45) is 0 Å². The van der Waals surface area contributed by atoms with Crippen LogP contribution in [0.4, 0.5) is 11.6 Å². The van der Waals surface area contributed by atoms with Crippen LogP contribution in [0.15, 0.2) is 128 Å². The molecule has 0 bridgehead atoms. The Morgan fingerprint density at radius 2 is 1.08 bits per heavy atom. The van der Waals surface area contributed by atoms with Gasteiger partial charge in [-0.2, -0.15) is 0 Å². The lowest BCUT2D eigenvalue weighted by Crippen LogP contribution is -2.32. The standard InChI is InChI=1S/C25H22N6O4.C23H20N6O3.C4H6O3/c1-13-22(14(2)35-30-13)16-11-17(23-18(12-16)31(15(3)32)24(33)29-23)25(34,19-7-4-5-10-27-19)20-8-6-9-21(26)28-20;1-12-20(13(2)32-29-12)14-10-15(21-16(11-14)26-22(30)28-21)23(31,17-6-3-4-9-25-17)18-7-5-8-19(24)27-18;1-3(5)7-4(2)6/h4-12,34H,1-3H3,(H2,26,28)(H,29,33);3-11,31H,1-2H3,(H2,24,27)(H2,26,28,30);1-2H3. The molecule has 22 nitrogen and oxygen atoms in total. The Morgan fingerprint density at radius 3 is 1.49 bits per heavy atom. The average Bonchev–Trinajstić information content (AvgIpc) is 4.12. The van der Waals surface area contributed by atoms with Crippen LogP contribution in [-0.4, -0.2) is 77.8 Å². The predicted octanol–water partition coefficient (Wildman–Crippen LogP) is 5.80. The van der Waals surface area contributed by atoms with Gasteiger partial charge in [-0.25, -0.2) is 24.1 Å². The van der Waals surface area contributed by atoms with Gasteiger partial charge in [0.1, 0.15) is 23.2 Å². The van der Waals surface area contributed by atoms with Crippen molar-refractivity contribution in [3.05, 3.63) is 187 Å². The minimum atomic E-state index is -1.93. The number of fused-ring (bicyclic) bond motifs is 2. The zero-order chi connectivity index (χ0) is 53.2. The Balaban J connectivity index is 0.000000175. The number of aliphatic hydroxyl groups is 2. The van der Waals surface area contributed by atoms with Crippen molar-refractivity contribution >= 4 is 51.5 Å². The predicted molar refractivity (Wildman–Crippen MR) is 270 cm³/mol. The molecule has 9 N–H and O–H groups in total. The number of esters is 2. The lowest BCUT2D eigenvalue weighted by atomic mass is 9.83. The molecule has 22 heteroatoms. The van der Waals surface area contributed by atoms with E-state index in [0.717, 1.165) is 15.7 Å². The number of pyridine rings is 4. The van der Waals surface area contributed by atoms with Crippen molar-refractivity contribution in [3.8, 4) is 22.3 Å². The summed E-state index contributed by atoms with van der Waals surface area (Å²) in [6, 6.07) is 27.3. The molecule has 74 heavy (non-hydrogen) atoms. The Morgan fingerprint density at radius 1 is 0.608 bits per heavy atom. The van der Waals surface area contributed by atoms with Crippen molar-refractivity contribution in [2.75, 3.05) is 11.5 Å². The molecule has 0 radical (unpaired) electrons. The van der Waals surface area contributed by atoms with Crippen molar-refractivity contribution in [2.45, 2.75) is 59.7 Å². The number of hydrogen-bond acceptors (Lipinski definition) is 18. The smallest absolute Gasteiger partial charge is 0.333 e. The Hall–Kier alpha value is -9.67. The molecule has 8 heterocycles. The second-order valence-electron chi connectivity index (χ2n) is 17.0. The molecule has 2 unspecified atom stereocenters. The average molecular weight is 1000 g/mol. The molecule has 0 fully saturated rings. The number of anilines is 2.